The van der Waals surface area contributed by atoms with Gasteiger partial charge in [0.2, 0.25) is 5.91 Å². The molecule has 0 aromatic carbocycles. The van der Waals surface area contributed by atoms with Crippen LogP contribution in [0.5, 0.6) is 0 Å². The molecule has 2 N–H and O–H groups in total. The van der Waals surface area contributed by atoms with Crippen LogP contribution in [0.4, 0.5) is 0 Å². The number of ether oxygens (including phenoxy) is 1. The highest BCUT2D eigenvalue weighted by atomic mass is 16.5. The second-order valence-corrected chi connectivity index (χ2v) is 6.50. The molecule has 0 rings (SSSR count). The van der Waals surface area contributed by atoms with Crippen LogP contribution in [0.1, 0.15) is 62.3 Å². The van der Waals surface area contributed by atoms with Crippen LogP contribution in [-0.4, -0.2) is 38.3 Å². The molecule has 0 unspecified atom stereocenters. The fourth-order valence-electron chi connectivity index (χ4n) is 1.59. The van der Waals surface area contributed by atoms with Crippen molar-refractivity contribution in [3.63, 3.8) is 0 Å². The molecule has 0 aliphatic carbocycles. The SMILES string of the molecule is CC.CCOCCNC(=O)C(C)(C)C(C)(C)CNC(C)C. The van der Waals surface area contributed by atoms with E-state index in [-0.39, 0.29) is 11.3 Å². The minimum Gasteiger partial charge on any atom is -0.380 e. The first-order valence-corrected chi connectivity index (χ1v) is 8.24. The molecule has 4 nitrogen and oxygen atoms in total. The Morgan fingerprint density at radius 3 is 2.10 bits per heavy atom. The van der Waals surface area contributed by atoms with Crippen molar-refractivity contribution in [3.8, 4) is 0 Å². The number of hydrogen-bond acceptors (Lipinski definition) is 3. The molecule has 0 atom stereocenters. The first-order chi connectivity index (χ1) is 9.65. The van der Waals surface area contributed by atoms with E-state index in [1.807, 2.05) is 34.6 Å². The number of carbonyl (C=O) groups excluding carboxylic acids is 1. The lowest BCUT2D eigenvalue weighted by Crippen LogP contribution is -2.51. The summed E-state index contributed by atoms with van der Waals surface area (Å²) < 4.78 is 5.23. The zero-order chi connectivity index (χ0) is 17.1. The number of carbonyl (C=O) groups is 1. The first-order valence-electron chi connectivity index (χ1n) is 8.24. The standard InChI is InChI=1S/C15H32N2O2.C2H6/c1-8-19-10-9-16-13(18)15(6,7)14(4,5)11-17-12(2)3;1-2/h12,17H,8-11H2,1-7H3,(H,16,18);1-2H3. The van der Waals surface area contributed by atoms with Gasteiger partial charge in [0, 0.05) is 31.2 Å². The lowest BCUT2D eigenvalue weighted by Gasteiger charge is -2.41. The van der Waals surface area contributed by atoms with Crippen LogP contribution in [-0.2, 0) is 9.53 Å². The Morgan fingerprint density at radius 2 is 1.67 bits per heavy atom. The van der Waals surface area contributed by atoms with E-state index in [2.05, 4.69) is 38.3 Å². The summed E-state index contributed by atoms with van der Waals surface area (Å²) in [7, 11) is 0. The number of rotatable bonds is 9. The van der Waals surface area contributed by atoms with Crippen molar-refractivity contribution in [2.75, 3.05) is 26.3 Å². The summed E-state index contributed by atoms with van der Waals surface area (Å²) in [6.07, 6.45) is 0. The normalized spacial score (nSPS) is 11.9. The van der Waals surface area contributed by atoms with Crippen molar-refractivity contribution in [2.24, 2.45) is 10.8 Å². The molecule has 0 aromatic heterocycles. The van der Waals surface area contributed by atoms with Crippen molar-refractivity contribution < 1.29 is 9.53 Å². The van der Waals surface area contributed by atoms with E-state index in [1.165, 1.54) is 0 Å². The summed E-state index contributed by atoms with van der Waals surface area (Å²) in [5.41, 5.74) is -0.548. The highest BCUT2D eigenvalue weighted by molar-refractivity contribution is 5.82. The summed E-state index contributed by atoms with van der Waals surface area (Å²) in [5.74, 6) is 0.0859. The van der Waals surface area contributed by atoms with Gasteiger partial charge in [-0.25, -0.2) is 0 Å². The second kappa shape index (κ2) is 11.0. The molecule has 0 aliphatic rings. The fourth-order valence-corrected chi connectivity index (χ4v) is 1.59. The number of amides is 1. The van der Waals surface area contributed by atoms with Crippen LogP contribution in [0.25, 0.3) is 0 Å². The molecule has 0 fully saturated rings. The van der Waals surface area contributed by atoms with Crippen molar-refractivity contribution in [3.05, 3.63) is 0 Å². The van der Waals surface area contributed by atoms with Crippen LogP contribution < -0.4 is 10.6 Å². The van der Waals surface area contributed by atoms with Crippen molar-refractivity contribution >= 4 is 5.91 Å². The van der Waals surface area contributed by atoms with E-state index >= 15 is 0 Å². The van der Waals surface area contributed by atoms with Gasteiger partial charge in [-0.05, 0) is 12.3 Å². The van der Waals surface area contributed by atoms with E-state index in [0.717, 1.165) is 6.54 Å². The van der Waals surface area contributed by atoms with Gasteiger partial charge in [-0.1, -0.05) is 55.4 Å². The van der Waals surface area contributed by atoms with Crippen molar-refractivity contribution in [1.82, 2.24) is 10.6 Å². The van der Waals surface area contributed by atoms with Crippen molar-refractivity contribution in [1.29, 1.82) is 0 Å². The van der Waals surface area contributed by atoms with Gasteiger partial charge in [-0.2, -0.15) is 0 Å². The summed E-state index contributed by atoms with van der Waals surface area (Å²) in [5, 5.41) is 6.38. The number of nitrogens with one attached hydrogen (secondary N) is 2. The predicted octanol–water partition coefficient (Wildman–Crippen LogP) is 3.22. The molecule has 0 saturated carbocycles. The van der Waals surface area contributed by atoms with Gasteiger partial charge in [0.05, 0.1) is 6.61 Å². The summed E-state index contributed by atoms with van der Waals surface area (Å²) in [4.78, 5) is 12.3. The van der Waals surface area contributed by atoms with Crippen LogP contribution >= 0.6 is 0 Å². The maximum absolute atomic E-state index is 12.3. The molecule has 0 aromatic rings. The van der Waals surface area contributed by atoms with E-state index in [4.69, 9.17) is 4.74 Å². The topological polar surface area (TPSA) is 50.4 Å². The first kappa shape index (κ1) is 22.7. The largest absolute Gasteiger partial charge is 0.380 e. The molecule has 4 heteroatoms. The van der Waals surface area contributed by atoms with Crippen LogP contribution in [0.3, 0.4) is 0 Å². The molecule has 21 heavy (non-hydrogen) atoms. The maximum atomic E-state index is 12.3. The molecule has 0 spiro atoms. The highest BCUT2D eigenvalue weighted by Crippen LogP contribution is 2.38. The Morgan fingerprint density at radius 1 is 1.14 bits per heavy atom. The zero-order valence-corrected chi connectivity index (χ0v) is 15.7. The average molecular weight is 303 g/mol. The third-order valence-corrected chi connectivity index (χ3v) is 3.95. The van der Waals surface area contributed by atoms with Gasteiger partial charge in [0.15, 0.2) is 0 Å². The van der Waals surface area contributed by atoms with Gasteiger partial charge in [-0.15, -0.1) is 0 Å². The maximum Gasteiger partial charge on any atom is 0.226 e. The molecule has 0 heterocycles. The van der Waals surface area contributed by atoms with Crippen LogP contribution in [0.15, 0.2) is 0 Å². The van der Waals surface area contributed by atoms with Gasteiger partial charge in [-0.3, -0.25) is 4.79 Å². The van der Waals surface area contributed by atoms with E-state index in [0.29, 0.717) is 25.8 Å². The Labute approximate surface area is 132 Å². The minimum absolute atomic E-state index is 0.0859. The molecule has 0 radical (unpaired) electrons. The highest BCUT2D eigenvalue weighted by Gasteiger charge is 2.42. The molecule has 1 amide bonds. The quantitative estimate of drug-likeness (QED) is 0.643. The van der Waals surface area contributed by atoms with Gasteiger partial charge in [0.25, 0.3) is 0 Å². The molecule has 128 valence electrons. The third kappa shape index (κ3) is 8.42. The van der Waals surface area contributed by atoms with Crippen LogP contribution in [0, 0.1) is 10.8 Å². The molecular formula is C17H38N2O2. The van der Waals surface area contributed by atoms with E-state index < -0.39 is 5.41 Å². The Bertz CT molecular complexity index is 274. The van der Waals surface area contributed by atoms with Gasteiger partial charge in [0.1, 0.15) is 0 Å². The second-order valence-electron chi connectivity index (χ2n) is 6.50. The van der Waals surface area contributed by atoms with E-state index in [1.54, 1.807) is 0 Å². The molecule has 0 bridgehead atoms. The lowest BCUT2D eigenvalue weighted by molar-refractivity contribution is -0.135. The Hall–Kier alpha value is -0.610. The monoisotopic (exact) mass is 302 g/mol. The molecular weight excluding hydrogens is 264 g/mol. The number of hydrogen-bond donors (Lipinski definition) is 2. The smallest absolute Gasteiger partial charge is 0.226 e. The lowest BCUT2D eigenvalue weighted by atomic mass is 9.67. The Kier molecular flexibility index (Phi) is 11.9. The zero-order valence-electron chi connectivity index (χ0n) is 15.7. The minimum atomic E-state index is -0.429. The molecule has 0 aliphatic heterocycles. The fraction of sp³-hybridized carbons (Fsp3) is 0.941. The average Bonchev–Trinajstić information content (AvgIpc) is 2.43. The predicted molar refractivity (Wildman–Crippen MR) is 91.6 cm³/mol. The molecule has 0 saturated heterocycles. The summed E-state index contributed by atoms with van der Waals surface area (Å²) in [6, 6.07) is 0.427. The van der Waals surface area contributed by atoms with Gasteiger partial charge < -0.3 is 15.4 Å². The van der Waals surface area contributed by atoms with Gasteiger partial charge >= 0.3 is 0 Å². The van der Waals surface area contributed by atoms with E-state index in [9.17, 15) is 4.79 Å². The van der Waals surface area contributed by atoms with Crippen LogP contribution in [0.2, 0.25) is 0 Å². The summed E-state index contributed by atoms with van der Waals surface area (Å²) >= 11 is 0. The Balaban J connectivity index is 0. The summed E-state index contributed by atoms with van der Waals surface area (Å²) in [6.45, 7) is 21.1. The van der Waals surface area contributed by atoms with Crippen molar-refractivity contribution in [2.45, 2.75) is 68.4 Å². The third-order valence-electron chi connectivity index (χ3n) is 3.95.